The molecule has 2 heterocycles. The number of likely N-dealkylation sites (N-methyl/N-ethyl adjacent to an activating group) is 1. The smallest absolute Gasteiger partial charge is 0.269 e. The number of rotatable bonds is 9. The first-order valence-corrected chi connectivity index (χ1v) is 9.60. The molecular weight excluding hydrogens is 348 g/mol. The van der Waals surface area contributed by atoms with Crippen LogP contribution < -0.4 is 10.2 Å². The molecule has 1 N–H and O–H groups in total. The average molecular weight is 374 g/mol. The quantitative estimate of drug-likeness (QED) is 0.582. The van der Waals surface area contributed by atoms with Crippen LogP contribution in [0.3, 0.4) is 0 Å². The molecule has 0 fully saturated rings. The zero-order valence-corrected chi connectivity index (χ0v) is 16.2. The summed E-state index contributed by atoms with van der Waals surface area (Å²) in [6.45, 7) is 1.49. The van der Waals surface area contributed by atoms with Gasteiger partial charge in [0.05, 0.1) is 0 Å². The lowest BCUT2D eigenvalue weighted by atomic mass is 10.1. The number of carbonyl (C=O) groups excluding carboxylic acids is 1. The monoisotopic (exact) mass is 374 g/mol. The maximum atomic E-state index is 12.4. The van der Waals surface area contributed by atoms with E-state index in [9.17, 15) is 4.79 Å². The summed E-state index contributed by atoms with van der Waals surface area (Å²) in [5, 5.41) is 2.97. The largest absolute Gasteiger partial charge is 0.374 e. The van der Waals surface area contributed by atoms with Crippen molar-refractivity contribution in [3.63, 3.8) is 0 Å². The lowest BCUT2D eigenvalue weighted by Gasteiger charge is -2.19. The van der Waals surface area contributed by atoms with Crippen LogP contribution in [0, 0.1) is 0 Å². The van der Waals surface area contributed by atoms with Crippen molar-refractivity contribution in [3.8, 4) is 0 Å². The van der Waals surface area contributed by atoms with Gasteiger partial charge in [-0.25, -0.2) is 0 Å². The molecule has 0 saturated carbocycles. The van der Waals surface area contributed by atoms with E-state index in [2.05, 4.69) is 32.3 Å². The Morgan fingerprint density at radius 1 is 0.964 bits per heavy atom. The second-order valence-corrected chi connectivity index (χ2v) is 6.77. The van der Waals surface area contributed by atoms with Gasteiger partial charge in [0, 0.05) is 44.4 Å². The Morgan fingerprint density at radius 3 is 2.50 bits per heavy atom. The van der Waals surface area contributed by atoms with Gasteiger partial charge >= 0.3 is 0 Å². The number of amides is 1. The Morgan fingerprint density at radius 2 is 1.71 bits per heavy atom. The highest BCUT2D eigenvalue weighted by molar-refractivity contribution is 5.93. The number of benzene rings is 1. The van der Waals surface area contributed by atoms with E-state index in [-0.39, 0.29) is 5.91 Å². The molecule has 3 aromatic rings. The van der Waals surface area contributed by atoms with Crippen molar-refractivity contribution in [1.29, 1.82) is 0 Å². The number of pyridine rings is 2. The van der Waals surface area contributed by atoms with Crippen LogP contribution in [0.15, 0.2) is 73.2 Å². The minimum absolute atomic E-state index is 0.127. The Balaban J connectivity index is 1.48. The lowest BCUT2D eigenvalue weighted by molar-refractivity contribution is 0.0948. The fourth-order valence-corrected chi connectivity index (χ4v) is 2.99. The third kappa shape index (κ3) is 5.91. The number of hydrogen-bond donors (Lipinski definition) is 1. The molecule has 0 bridgehead atoms. The molecule has 2 aromatic heterocycles. The summed E-state index contributed by atoms with van der Waals surface area (Å²) < 4.78 is 0. The van der Waals surface area contributed by atoms with Crippen LogP contribution in [-0.2, 0) is 12.8 Å². The Labute approximate surface area is 166 Å². The first-order chi connectivity index (χ1) is 13.7. The van der Waals surface area contributed by atoms with Gasteiger partial charge in [0.15, 0.2) is 0 Å². The SMILES string of the molecule is CN(CCc1ccncc1)c1ccnc(C(=O)NCCCc2ccccc2)c1. The Kier molecular flexibility index (Phi) is 7.13. The molecule has 0 atom stereocenters. The molecule has 144 valence electrons. The molecule has 3 rings (SSSR count). The lowest BCUT2D eigenvalue weighted by Crippen LogP contribution is -2.26. The van der Waals surface area contributed by atoms with Crippen LogP contribution >= 0.6 is 0 Å². The van der Waals surface area contributed by atoms with E-state index >= 15 is 0 Å². The highest BCUT2D eigenvalue weighted by Crippen LogP contribution is 2.14. The molecule has 0 saturated heterocycles. The Bertz CT molecular complexity index is 868. The molecule has 0 radical (unpaired) electrons. The van der Waals surface area contributed by atoms with E-state index in [0.717, 1.165) is 31.5 Å². The van der Waals surface area contributed by atoms with Gasteiger partial charge in [-0.1, -0.05) is 30.3 Å². The van der Waals surface area contributed by atoms with Crippen LogP contribution in [0.1, 0.15) is 28.0 Å². The van der Waals surface area contributed by atoms with Crippen molar-refractivity contribution >= 4 is 11.6 Å². The van der Waals surface area contributed by atoms with Crippen molar-refractivity contribution in [3.05, 3.63) is 90.0 Å². The van der Waals surface area contributed by atoms with Crippen LogP contribution in [0.4, 0.5) is 5.69 Å². The first-order valence-electron chi connectivity index (χ1n) is 9.60. The van der Waals surface area contributed by atoms with E-state index in [1.807, 2.05) is 61.9 Å². The first kappa shape index (κ1) is 19.5. The summed E-state index contributed by atoms with van der Waals surface area (Å²) in [5.41, 5.74) is 3.96. The Hall–Kier alpha value is -3.21. The van der Waals surface area contributed by atoms with E-state index in [4.69, 9.17) is 0 Å². The third-order valence-corrected chi connectivity index (χ3v) is 4.67. The third-order valence-electron chi connectivity index (χ3n) is 4.67. The average Bonchev–Trinajstić information content (AvgIpc) is 2.76. The molecule has 5 nitrogen and oxygen atoms in total. The van der Waals surface area contributed by atoms with E-state index in [0.29, 0.717) is 12.2 Å². The van der Waals surface area contributed by atoms with Gasteiger partial charge in [-0.05, 0) is 54.7 Å². The predicted octanol–water partition coefficient (Wildman–Crippen LogP) is 3.52. The van der Waals surface area contributed by atoms with Crippen molar-refractivity contribution in [2.45, 2.75) is 19.3 Å². The number of carbonyl (C=O) groups is 1. The number of anilines is 1. The van der Waals surface area contributed by atoms with Gasteiger partial charge in [-0.2, -0.15) is 0 Å². The van der Waals surface area contributed by atoms with Gasteiger partial charge in [-0.15, -0.1) is 0 Å². The summed E-state index contributed by atoms with van der Waals surface area (Å²) in [5.74, 6) is -0.127. The van der Waals surface area contributed by atoms with Gasteiger partial charge in [0.1, 0.15) is 5.69 Å². The number of nitrogens with zero attached hydrogens (tertiary/aromatic N) is 3. The second-order valence-electron chi connectivity index (χ2n) is 6.77. The van der Waals surface area contributed by atoms with Crippen molar-refractivity contribution in [2.24, 2.45) is 0 Å². The summed E-state index contributed by atoms with van der Waals surface area (Å²) in [7, 11) is 2.03. The van der Waals surface area contributed by atoms with Gasteiger partial charge in [0.25, 0.3) is 5.91 Å². The molecule has 0 aliphatic heterocycles. The molecule has 5 heteroatoms. The highest BCUT2D eigenvalue weighted by Gasteiger charge is 2.09. The van der Waals surface area contributed by atoms with E-state index < -0.39 is 0 Å². The van der Waals surface area contributed by atoms with Crippen LogP contribution in [0.25, 0.3) is 0 Å². The number of hydrogen-bond acceptors (Lipinski definition) is 4. The van der Waals surface area contributed by atoms with Gasteiger partial charge < -0.3 is 10.2 Å². The molecule has 28 heavy (non-hydrogen) atoms. The standard InChI is InChI=1S/C23H26N4O/c1-27(17-12-20-9-14-24-15-10-20)21-11-16-25-22(18-21)23(28)26-13-5-8-19-6-3-2-4-7-19/h2-4,6-7,9-11,14-16,18H,5,8,12-13,17H2,1H3,(H,26,28). The number of aromatic nitrogens is 2. The van der Waals surface area contributed by atoms with Crippen molar-refractivity contribution in [1.82, 2.24) is 15.3 Å². The summed E-state index contributed by atoms with van der Waals surface area (Å²) in [6.07, 6.45) is 8.08. The zero-order chi connectivity index (χ0) is 19.6. The summed E-state index contributed by atoms with van der Waals surface area (Å²) in [6, 6.07) is 18.1. The fourth-order valence-electron chi connectivity index (χ4n) is 2.99. The molecular formula is C23H26N4O. The van der Waals surface area contributed by atoms with E-state index in [1.165, 1.54) is 11.1 Å². The van der Waals surface area contributed by atoms with Crippen LogP contribution in [-0.4, -0.2) is 36.0 Å². The van der Waals surface area contributed by atoms with Crippen LogP contribution in [0.5, 0.6) is 0 Å². The summed E-state index contributed by atoms with van der Waals surface area (Å²) in [4.78, 5) is 22.8. The van der Waals surface area contributed by atoms with Crippen molar-refractivity contribution < 1.29 is 4.79 Å². The predicted molar refractivity (Wildman–Crippen MR) is 113 cm³/mol. The maximum absolute atomic E-state index is 12.4. The zero-order valence-electron chi connectivity index (χ0n) is 16.2. The molecule has 0 spiro atoms. The van der Waals surface area contributed by atoms with Gasteiger partial charge in [0.2, 0.25) is 0 Å². The molecule has 0 aliphatic rings. The minimum Gasteiger partial charge on any atom is -0.374 e. The van der Waals surface area contributed by atoms with Crippen molar-refractivity contribution in [2.75, 3.05) is 25.0 Å². The van der Waals surface area contributed by atoms with E-state index in [1.54, 1.807) is 6.20 Å². The second kappa shape index (κ2) is 10.2. The number of nitrogens with one attached hydrogen (secondary N) is 1. The summed E-state index contributed by atoms with van der Waals surface area (Å²) >= 11 is 0. The van der Waals surface area contributed by atoms with Gasteiger partial charge in [-0.3, -0.25) is 14.8 Å². The molecule has 1 amide bonds. The molecule has 1 aromatic carbocycles. The normalized spacial score (nSPS) is 10.5. The maximum Gasteiger partial charge on any atom is 0.269 e. The molecule has 0 aliphatic carbocycles. The van der Waals surface area contributed by atoms with Crippen LogP contribution in [0.2, 0.25) is 0 Å². The molecule has 0 unspecified atom stereocenters. The highest BCUT2D eigenvalue weighted by atomic mass is 16.1. The topological polar surface area (TPSA) is 58.1 Å². The minimum atomic E-state index is -0.127. The fraction of sp³-hybridized carbons (Fsp3) is 0.261. The number of aryl methyl sites for hydroxylation is 1.